The maximum absolute atomic E-state index is 13.0. The maximum Gasteiger partial charge on any atom is 0.240 e. The van der Waals surface area contributed by atoms with Gasteiger partial charge < -0.3 is 10.3 Å². The highest BCUT2D eigenvalue weighted by atomic mass is 35.5. The third-order valence-electron chi connectivity index (χ3n) is 2.67. The highest BCUT2D eigenvalue weighted by Crippen LogP contribution is 2.28. The lowest BCUT2D eigenvalue weighted by molar-refractivity contribution is -0.120. The highest BCUT2D eigenvalue weighted by Gasteiger charge is 2.17. The van der Waals surface area contributed by atoms with Crippen molar-refractivity contribution >= 4 is 17.5 Å². The van der Waals surface area contributed by atoms with Crippen LogP contribution in [0.4, 0.5) is 4.39 Å². The molecule has 2 rings (SSSR count). The predicted molar refractivity (Wildman–Crippen MR) is 66.5 cm³/mol. The molecule has 1 aromatic heterocycles. The van der Waals surface area contributed by atoms with E-state index in [1.54, 1.807) is 17.7 Å². The molecule has 6 heteroatoms. The molecule has 1 heterocycles. The first kappa shape index (κ1) is 12.6. The van der Waals surface area contributed by atoms with Crippen LogP contribution in [0.2, 0.25) is 5.02 Å². The van der Waals surface area contributed by atoms with Gasteiger partial charge in [0.05, 0.1) is 5.02 Å². The van der Waals surface area contributed by atoms with E-state index in [2.05, 4.69) is 4.98 Å². The molecule has 0 aliphatic heterocycles. The summed E-state index contributed by atoms with van der Waals surface area (Å²) >= 11 is 5.97. The van der Waals surface area contributed by atoms with E-state index < -0.39 is 17.8 Å². The molecular weight excluding hydrogens is 257 g/mol. The number of carbonyl (C=O) groups is 1. The molecule has 0 spiro atoms. The molecule has 0 radical (unpaired) electrons. The fourth-order valence-corrected chi connectivity index (χ4v) is 1.89. The Bertz CT molecular complexity index is 597. The lowest BCUT2D eigenvalue weighted by Gasteiger charge is -2.13. The van der Waals surface area contributed by atoms with Crippen LogP contribution in [-0.4, -0.2) is 15.5 Å². The van der Waals surface area contributed by atoms with Crippen molar-refractivity contribution in [1.29, 1.82) is 0 Å². The number of amides is 1. The molecule has 0 saturated carbocycles. The Hall–Kier alpha value is -1.88. The quantitative estimate of drug-likeness (QED) is 0.928. The fourth-order valence-electron chi connectivity index (χ4n) is 1.64. The SMILES string of the molecule is C[C@@H](C(N)=O)n1ccnc1-c1ccc(F)cc1Cl. The Morgan fingerprint density at radius 1 is 1.56 bits per heavy atom. The van der Waals surface area contributed by atoms with Gasteiger partial charge in [-0.1, -0.05) is 11.6 Å². The number of nitrogens with two attached hydrogens (primary N) is 1. The van der Waals surface area contributed by atoms with Gasteiger partial charge in [-0.05, 0) is 25.1 Å². The van der Waals surface area contributed by atoms with Gasteiger partial charge in [0, 0.05) is 18.0 Å². The summed E-state index contributed by atoms with van der Waals surface area (Å²) in [7, 11) is 0. The molecule has 1 atom stereocenters. The maximum atomic E-state index is 13.0. The monoisotopic (exact) mass is 267 g/mol. The van der Waals surface area contributed by atoms with E-state index in [0.717, 1.165) is 0 Å². The van der Waals surface area contributed by atoms with Crippen LogP contribution in [0.25, 0.3) is 11.4 Å². The standard InChI is InChI=1S/C12H11ClFN3O/c1-7(11(15)18)17-5-4-16-12(17)9-3-2-8(14)6-10(9)13/h2-7H,1H3,(H2,15,18)/t7-/m0/s1. The second kappa shape index (κ2) is 4.78. The van der Waals surface area contributed by atoms with E-state index in [-0.39, 0.29) is 5.02 Å². The van der Waals surface area contributed by atoms with Crippen molar-refractivity contribution in [2.45, 2.75) is 13.0 Å². The highest BCUT2D eigenvalue weighted by molar-refractivity contribution is 6.33. The number of aromatic nitrogens is 2. The van der Waals surface area contributed by atoms with Gasteiger partial charge in [0.15, 0.2) is 0 Å². The van der Waals surface area contributed by atoms with Crippen molar-refractivity contribution < 1.29 is 9.18 Å². The lowest BCUT2D eigenvalue weighted by atomic mass is 10.2. The molecular formula is C12H11ClFN3O. The first-order valence-corrected chi connectivity index (χ1v) is 5.66. The van der Waals surface area contributed by atoms with Gasteiger partial charge in [-0.2, -0.15) is 0 Å². The first-order valence-electron chi connectivity index (χ1n) is 5.28. The molecule has 0 unspecified atom stereocenters. The second-order valence-corrected chi connectivity index (χ2v) is 4.27. The summed E-state index contributed by atoms with van der Waals surface area (Å²) in [5, 5.41) is 0.235. The van der Waals surface area contributed by atoms with E-state index >= 15 is 0 Å². The lowest BCUT2D eigenvalue weighted by Crippen LogP contribution is -2.24. The van der Waals surface area contributed by atoms with Gasteiger partial charge in [0.1, 0.15) is 17.7 Å². The summed E-state index contributed by atoms with van der Waals surface area (Å²) in [4.78, 5) is 15.3. The zero-order chi connectivity index (χ0) is 13.3. The number of carbonyl (C=O) groups excluding carboxylic acids is 1. The first-order chi connectivity index (χ1) is 8.50. The number of imidazole rings is 1. The molecule has 1 amide bonds. The molecule has 0 aliphatic carbocycles. The van der Waals surface area contributed by atoms with Crippen LogP contribution >= 0.6 is 11.6 Å². The topological polar surface area (TPSA) is 60.9 Å². The summed E-state index contributed by atoms with van der Waals surface area (Å²) in [6.07, 6.45) is 3.17. The Morgan fingerprint density at radius 3 is 2.89 bits per heavy atom. The second-order valence-electron chi connectivity index (χ2n) is 3.86. The van der Waals surface area contributed by atoms with E-state index in [1.165, 1.54) is 24.4 Å². The number of benzene rings is 1. The molecule has 94 valence electrons. The Kier molecular flexibility index (Phi) is 3.34. The number of primary amides is 1. The summed E-state index contributed by atoms with van der Waals surface area (Å²) in [5.41, 5.74) is 5.81. The minimum Gasteiger partial charge on any atom is -0.368 e. The van der Waals surface area contributed by atoms with Gasteiger partial charge in [-0.3, -0.25) is 4.79 Å². The predicted octanol–water partition coefficient (Wildman–Crippen LogP) is 2.39. The van der Waals surface area contributed by atoms with E-state index in [9.17, 15) is 9.18 Å². The van der Waals surface area contributed by atoms with Crippen LogP contribution in [0.3, 0.4) is 0 Å². The van der Waals surface area contributed by atoms with Crippen molar-refractivity contribution in [3.63, 3.8) is 0 Å². The summed E-state index contributed by atoms with van der Waals surface area (Å²) < 4.78 is 14.6. The largest absolute Gasteiger partial charge is 0.368 e. The van der Waals surface area contributed by atoms with Gasteiger partial charge in [0.2, 0.25) is 5.91 Å². The summed E-state index contributed by atoms with van der Waals surface area (Å²) in [5.74, 6) is -0.427. The van der Waals surface area contributed by atoms with E-state index in [4.69, 9.17) is 17.3 Å². The fraction of sp³-hybridized carbons (Fsp3) is 0.167. The summed E-state index contributed by atoms with van der Waals surface area (Å²) in [6.45, 7) is 1.66. The third-order valence-corrected chi connectivity index (χ3v) is 2.98. The average Bonchev–Trinajstić information content (AvgIpc) is 2.76. The zero-order valence-corrected chi connectivity index (χ0v) is 10.4. The number of hydrogen-bond donors (Lipinski definition) is 1. The van der Waals surface area contributed by atoms with E-state index in [1.807, 2.05) is 0 Å². The average molecular weight is 268 g/mol. The molecule has 2 aromatic rings. The summed E-state index contributed by atoms with van der Waals surface area (Å²) in [6, 6.07) is 3.45. The van der Waals surface area contributed by atoms with Gasteiger partial charge in [-0.25, -0.2) is 9.37 Å². The van der Waals surface area contributed by atoms with Crippen LogP contribution < -0.4 is 5.73 Å². The molecule has 0 bridgehead atoms. The van der Waals surface area contributed by atoms with Crippen molar-refractivity contribution in [2.75, 3.05) is 0 Å². The van der Waals surface area contributed by atoms with Gasteiger partial charge in [-0.15, -0.1) is 0 Å². The number of nitrogens with zero attached hydrogens (tertiary/aromatic N) is 2. The molecule has 0 saturated heterocycles. The van der Waals surface area contributed by atoms with Crippen molar-refractivity contribution in [2.24, 2.45) is 5.73 Å². The van der Waals surface area contributed by atoms with E-state index in [0.29, 0.717) is 11.4 Å². The number of halogens is 2. The Labute approximate surface area is 108 Å². The molecule has 4 nitrogen and oxygen atoms in total. The van der Waals surface area contributed by atoms with Gasteiger partial charge >= 0.3 is 0 Å². The molecule has 0 fully saturated rings. The van der Waals surface area contributed by atoms with Crippen LogP contribution in [0.15, 0.2) is 30.6 Å². The van der Waals surface area contributed by atoms with Gasteiger partial charge in [0.25, 0.3) is 0 Å². The van der Waals surface area contributed by atoms with Crippen LogP contribution in [-0.2, 0) is 4.79 Å². The zero-order valence-electron chi connectivity index (χ0n) is 9.60. The number of hydrogen-bond acceptors (Lipinski definition) is 2. The van der Waals surface area contributed by atoms with Crippen molar-refractivity contribution in [3.05, 3.63) is 41.4 Å². The van der Waals surface area contributed by atoms with Crippen LogP contribution in [0.1, 0.15) is 13.0 Å². The molecule has 18 heavy (non-hydrogen) atoms. The van der Waals surface area contributed by atoms with Crippen LogP contribution in [0.5, 0.6) is 0 Å². The number of rotatable bonds is 3. The molecule has 0 aliphatic rings. The molecule has 2 N–H and O–H groups in total. The third kappa shape index (κ3) is 2.22. The van der Waals surface area contributed by atoms with Crippen molar-refractivity contribution in [1.82, 2.24) is 9.55 Å². The minimum absolute atomic E-state index is 0.235. The Morgan fingerprint density at radius 2 is 2.28 bits per heavy atom. The van der Waals surface area contributed by atoms with Crippen LogP contribution in [0, 0.1) is 5.82 Å². The Balaban J connectivity index is 2.52. The minimum atomic E-state index is -0.552. The smallest absolute Gasteiger partial charge is 0.240 e. The van der Waals surface area contributed by atoms with Crippen molar-refractivity contribution in [3.8, 4) is 11.4 Å². The molecule has 1 aromatic carbocycles. The normalized spacial score (nSPS) is 12.4.